The SMILES string of the molecule is O=S(=O)(NCCc1ccc2c(c1)OCCO2)c1ccccc1Br. The van der Waals surface area contributed by atoms with Crippen molar-refractivity contribution in [3.8, 4) is 11.5 Å². The Morgan fingerprint density at radius 1 is 1.04 bits per heavy atom. The van der Waals surface area contributed by atoms with E-state index >= 15 is 0 Å². The lowest BCUT2D eigenvalue weighted by atomic mass is 10.1. The second kappa shape index (κ2) is 6.90. The summed E-state index contributed by atoms with van der Waals surface area (Å²) < 4.78 is 38.7. The molecule has 3 rings (SSSR count). The van der Waals surface area contributed by atoms with Crippen LogP contribution in [0.2, 0.25) is 0 Å². The summed E-state index contributed by atoms with van der Waals surface area (Å²) >= 11 is 3.26. The minimum Gasteiger partial charge on any atom is -0.486 e. The highest BCUT2D eigenvalue weighted by atomic mass is 79.9. The Labute approximate surface area is 143 Å². The number of sulfonamides is 1. The summed E-state index contributed by atoms with van der Waals surface area (Å²) in [5.74, 6) is 1.44. The summed E-state index contributed by atoms with van der Waals surface area (Å²) in [5.41, 5.74) is 0.990. The van der Waals surface area contributed by atoms with Gasteiger partial charge in [0, 0.05) is 11.0 Å². The van der Waals surface area contributed by atoms with E-state index in [1.807, 2.05) is 18.2 Å². The molecular weight excluding hydrogens is 382 g/mol. The number of hydrogen-bond acceptors (Lipinski definition) is 4. The number of fused-ring (bicyclic) bond motifs is 1. The lowest BCUT2D eigenvalue weighted by molar-refractivity contribution is 0.171. The average Bonchev–Trinajstić information content (AvgIpc) is 2.55. The molecule has 2 aromatic carbocycles. The average molecular weight is 398 g/mol. The fourth-order valence-electron chi connectivity index (χ4n) is 2.31. The topological polar surface area (TPSA) is 64.6 Å². The van der Waals surface area contributed by atoms with Crippen molar-refractivity contribution in [3.63, 3.8) is 0 Å². The van der Waals surface area contributed by atoms with E-state index in [1.165, 1.54) is 0 Å². The highest BCUT2D eigenvalue weighted by Crippen LogP contribution is 2.30. The smallest absolute Gasteiger partial charge is 0.241 e. The summed E-state index contributed by atoms with van der Waals surface area (Å²) in [6, 6.07) is 12.4. The molecule has 122 valence electrons. The molecule has 0 unspecified atom stereocenters. The third kappa shape index (κ3) is 3.85. The van der Waals surface area contributed by atoms with Gasteiger partial charge in [0.2, 0.25) is 10.0 Å². The van der Waals surface area contributed by atoms with Crippen LogP contribution in [0.3, 0.4) is 0 Å². The summed E-state index contributed by atoms with van der Waals surface area (Å²) in [6.07, 6.45) is 0.570. The van der Waals surface area contributed by atoms with Crippen molar-refractivity contribution in [2.45, 2.75) is 11.3 Å². The normalized spacial score (nSPS) is 13.8. The molecule has 2 aromatic rings. The maximum Gasteiger partial charge on any atom is 0.241 e. The molecule has 0 aliphatic carbocycles. The van der Waals surface area contributed by atoms with E-state index in [9.17, 15) is 8.42 Å². The third-order valence-corrected chi connectivity index (χ3v) is 5.91. The van der Waals surface area contributed by atoms with Gasteiger partial charge in [-0.25, -0.2) is 13.1 Å². The highest BCUT2D eigenvalue weighted by molar-refractivity contribution is 9.10. The Kier molecular flexibility index (Phi) is 4.89. The van der Waals surface area contributed by atoms with E-state index in [-0.39, 0.29) is 4.90 Å². The third-order valence-electron chi connectivity index (χ3n) is 3.44. The molecule has 0 bridgehead atoms. The monoisotopic (exact) mass is 397 g/mol. The van der Waals surface area contributed by atoms with Crippen molar-refractivity contribution in [1.82, 2.24) is 4.72 Å². The Hall–Kier alpha value is -1.57. The fourth-order valence-corrected chi connectivity index (χ4v) is 4.35. The zero-order valence-corrected chi connectivity index (χ0v) is 14.7. The molecule has 1 N–H and O–H groups in total. The van der Waals surface area contributed by atoms with Gasteiger partial charge in [-0.15, -0.1) is 0 Å². The standard InChI is InChI=1S/C16H16BrNO4S/c17-13-3-1-2-4-16(13)23(19,20)18-8-7-12-5-6-14-15(11-12)22-10-9-21-14/h1-6,11,18H,7-10H2. The number of hydrogen-bond donors (Lipinski definition) is 1. The largest absolute Gasteiger partial charge is 0.486 e. The van der Waals surface area contributed by atoms with E-state index in [2.05, 4.69) is 20.7 Å². The molecule has 0 radical (unpaired) electrons. The quantitative estimate of drug-likeness (QED) is 0.842. The molecule has 1 aliphatic heterocycles. The molecule has 0 fully saturated rings. The molecule has 0 spiro atoms. The lowest BCUT2D eigenvalue weighted by Crippen LogP contribution is -2.26. The summed E-state index contributed by atoms with van der Waals surface area (Å²) in [6.45, 7) is 1.40. The Morgan fingerprint density at radius 3 is 2.57 bits per heavy atom. The van der Waals surface area contributed by atoms with Crippen LogP contribution in [0.5, 0.6) is 11.5 Å². The van der Waals surface area contributed by atoms with Crippen molar-refractivity contribution in [1.29, 1.82) is 0 Å². The summed E-state index contributed by atoms with van der Waals surface area (Å²) in [7, 11) is -3.53. The van der Waals surface area contributed by atoms with Gasteiger partial charge in [0.25, 0.3) is 0 Å². The van der Waals surface area contributed by atoms with Crippen LogP contribution in [0, 0.1) is 0 Å². The van der Waals surface area contributed by atoms with Crippen LogP contribution in [0.15, 0.2) is 51.8 Å². The van der Waals surface area contributed by atoms with Crippen molar-refractivity contribution >= 4 is 26.0 Å². The van der Waals surface area contributed by atoms with Crippen molar-refractivity contribution in [3.05, 3.63) is 52.5 Å². The predicted molar refractivity (Wildman–Crippen MR) is 90.5 cm³/mol. The lowest BCUT2D eigenvalue weighted by Gasteiger charge is -2.18. The second-order valence-corrected chi connectivity index (χ2v) is 7.65. The molecule has 7 heteroatoms. The number of benzene rings is 2. The van der Waals surface area contributed by atoms with Gasteiger partial charge in [0.15, 0.2) is 11.5 Å². The maximum absolute atomic E-state index is 12.3. The minimum absolute atomic E-state index is 0.238. The van der Waals surface area contributed by atoms with E-state index in [0.717, 1.165) is 11.3 Å². The van der Waals surface area contributed by atoms with E-state index < -0.39 is 10.0 Å². The molecule has 0 atom stereocenters. The van der Waals surface area contributed by atoms with Gasteiger partial charge in [0.1, 0.15) is 13.2 Å². The van der Waals surface area contributed by atoms with Gasteiger partial charge in [0.05, 0.1) is 4.90 Å². The van der Waals surface area contributed by atoms with Crippen LogP contribution in [-0.2, 0) is 16.4 Å². The van der Waals surface area contributed by atoms with Gasteiger partial charge in [-0.3, -0.25) is 0 Å². The predicted octanol–water partition coefficient (Wildman–Crippen LogP) is 2.74. The first-order chi connectivity index (χ1) is 11.1. The van der Waals surface area contributed by atoms with Crippen molar-refractivity contribution < 1.29 is 17.9 Å². The zero-order valence-electron chi connectivity index (χ0n) is 12.3. The van der Waals surface area contributed by atoms with Crippen LogP contribution in [0.1, 0.15) is 5.56 Å². The van der Waals surface area contributed by atoms with Gasteiger partial charge in [-0.2, -0.15) is 0 Å². The maximum atomic E-state index is 12.3. The molecular formula is C16H16BrNO4S. The van der Waals surface area contributed by atoms with E-state index in [4.69, 9.17) is 9.47 Å². The minimum atomic E-state index is -3.53. The zero-order chi connectivity index (χ0) is 16.3. The molecule has 23 heavy (non-hydrogen) atoms. The summed E-state index contributed by atoms with van der Waals surface area (Å²) in [5, 5.41) is 0. The fraction of sp³-hybridized carbons (Fsp3) is 0.250. The molecule has 1 heterocycles. The first-order valence-corrected chi connectivity index (χ1v) is 9.46. The van der Waals surface area contributed by atoms with Crippen LogP contribution >= 0.6 is 15.9 Å². The van der Waals surface area contributed by atoms with Gasteiger partial charge >= 0.3 is 0 Å². The van der Waals surface area contributed by atoms with Crippen LogP contribution in [0.25, 0.3) is 0 Å². The van der Waals surface area contributed by atoms with Crippen molar-refractivity contribution in [2.24, 2.45) is 0 Å². The Morgan fingerprint density at radius 2 is 1.78 bits per heavy atom. The number of halogens is 1. The molecule has 0 aromatic heterocycles. The van der Waals surface area contributed by atoms with Gasteiger partial charge in [-0.05, 0) is 52.2 Å². The first-order valence-electron chi connectivity index (χ1n) is 7.19. The Bertz CT molecular complexity index is 807. The second-order valence-electron chi connectivity index (χ2n) is 5.06. The van der Waals surface area contributed by atoms with Gasteiger partial charge < -0.3 is 9.47 Å². The number of rotatable bonds is 5. The van der Waals surface area contributed by atoms with E-state index in [1.54, 1.807) is 24.3 Å². The van der Waals surface area contributed by atoms with Crippen LogP contribution in [0.4, 0.5) is 0 Å². The molecule has 1 aliphatic rings. The van der Waals surface area contributed by atoms with Gasteiger partial charge in [-0.1, -0.05) is 18.2 Å². The van der Waals surface area contributed by atoms with E-state index in [0.29, 0.717) is 36.4 Å². The number of nitrogens with one attached hydrogen (secondary N) is 1. The molecule has 0 saturated heterocycles. The first kappa shape index (κ1) is 16.3. The van der Waals surface area contributed by atoms with Crippen LogP contribution < -0.4 is 14.2 Å². The Balaban J connectivity index is 1.64. The van der Waals surface area contributed by atoms with Crippen LogP contribution in [-0.4, -0.2) is 28.2 Å². The molecule has 5 nitrogen and oxygen atoms in total. The van der Waals surface area contributed by atoms with Crippen molar-refractivity contribution in [2.75, 3.05) is 19.8 Å². The highest BCUT2D eigenvalue weighted by Gasteiger charge is 2.17. The molecule has 0 amide bonds. The number of ether oxygens (including phenoxy) is 2. The molecule has 0 saturated carbocycles. The summed E-state index contributed by atoms with van der Waals surface area (Å²) in [4.78, 5) is 0.238.